The Morgan fingerprint density at radius 3 is 3.00 bits per heavy atom. The van der Waals surface area contributed by atoms with Gasteiger partial charge in [-0.15, -0.1) is 0 Å². The van der Waals surface area contributed by atoms with Crippen molar-refractivity contribution in [2.24, 2.45) is 0 Å². The van der Waals surface area contributed by atoms with Gasteiger partial charge in [-0.05, 0) is 18.6 Å². The minimum atomic E-state index is -0.410. The van der Waals surface area contributed by atoms with Crippen molar-refractivity contribution in [1.29, 1.82) is 0 Å². The quantitative estimate of drug-likeness (QED) is 0.757. The summed E-state index contributed by atoms with van der Waals surface area (Å²) in [5, 5.41) is 2.64. The summed E-state index contributed by atoms with van der Waals surface area (Å²) in [6.45, 7) is 0.682. The second-order valence-electron chi connectivity index (χ2n) is 3.55. The van der Waals surface area contributed by atoms with Crippen molar-refractivity contribution in [3.63, 3.8) is 0 Å². The van der Waals surface area contributed by atoms with Crippen LogP contribution in [0.5, 0.6) is 0 Å². The molecule has 1 fully saturated rings. The van der Waals surface area contributed by atoms with Crippen LogP contribution in [0.2, 0.25) is 0 Å². The van der Waals surface area contributed by atoms with E-state index in [1.807, 2.05) is 0 Å². The zero-order chi connectivity index (χ0) is 10.8. The lowest BCUT2D eigenvalue weighted by molar-refractivity contribution is -0.128. The Labute approximate surface area is 87.0 Å². The molecule has 0 radical (unpaired) electrons. The Hall–Kier alpha value is -1.78. The zero-order valence-electron chi connectivity index (χ0n) is 8.40. The molecule has 80 valence electrons. The summed E-state index contributed by atoms with van der Waals surface area (Å²) in [6.07, 6.45) is 2.08. The number of hydrogen-bond donors (Lipinski definition) is 1. The monoisotopic (exact) mass is 208 g/mol. The van der Waals surface area contributed by atoms with Crippen LogP contribution in [0, 0.1) is 0 Å². The van der Waals surface area contributed by atoms with Gasteiger partial charge in [0, 0.05) is 13.6 Å². The molecule has 0 saturated carbocycles. The van der Waals surface area contributed by atoms with E-state index in [-0.39, 0.29) is 17.6 Å². The van der Waals surface area contributed by atoms with Gasteiger partial charge in [0.1, 0.15) is 6.04 Å². The van der Waals surface area contributed by atoms with E-state index < -0.39 is 6.04 Å². The predicted octanol–water partition coefficient (Wildman–Crippen LogP) is 0.240. The SMILES string of the molecule is CN1CCC(NC(=O)c2ccco2)C1=O. The fourth-order valence-electron chi connectivity index (χ4n) is 1.59. The molecule has 1 atom stereocenters. The Morgan fingerprint density at radius 2 is 2.47 bits per heavy atom. The van der Waals surface area contributed by atoms with Crippen LogP contribution >= 0.6 is 0 Å². The summed E-state index contributed by atoms with van der Waals surface area (Å²) < 4.78 is 4.93. The first-order valence-corrected chi connectivity index (χ1v) is 4.78. The van der Waals surface area contributed by atoms with Crippen molar-refractivity contribution in [3.8, 4) is 0 Å². The van der Waals surface area contributed by atoms with Crippen LogP contribution < -0.4 is 5.32 Å². The molecule has 2 heterocycles. The Bertz CT molecular complexity index is 372. The molecule has 0 bridgehead atoms. The average Bonchev–Trinajstić information content (AvgIpc) is 2.83. The third kappa shape index (κ3) is 1.86. The molecule has 0 aliphatic carbocycles. The van der Waals surface area contributed by atoms with Crippen molar-refractivity contribution >= 4 is 11.8 Å². The summed E-state index contributed by atoms with van der Waals surface area (Å²) >= 11 is 0. The van der Waals surface area contributed by atoms with E-state index in [4.69, 9.17) is 4.42 Å². The molecule has 2 amide bonds. The van der Waals surface area contributed by atoms with Crippen LogP contribution in [0.4, 0.5) is 0 Å². The lowest BCUT2D eigenvalue weighted by Crippen LogP contribution is -2.40. The van der Waals surface area contributed by atoms with Gasteiger partial charge in [-0.3, -0.25) is 9.59 Å². The Balaban J connectivity index is 1.98. The molecular formula is C10H12N2O3. The first kappa shape index (κ1) is 9.76. The fourth-order valence-corrected chi connectivity index (χ4v) is 1.59. The fraction of sp³-hybridized carbons (Fsp3) is 0.400. The average molecular weight is 208 g/mol. The molecule has 0 aromatic carbocycles. The highest BCUT2D eigenvalue weighted by Gasteiger charge is 2.30. The van der Waals surface area contributed by atoms with Gasteiger partial charge in [-0.2, -0.15) is 0 Å². The summed E-state index contributed by atoms with van der Waals surface area (Å²) in [5.41, 5.74) is 0. The van der Waals surface area contributed by atoms with E-state index in [0.29, 0.717) is 13.0 Å². The molecule has 2 rings (SSSR count). The predicted molar refractivity (Wildman–Crippen MR) is 52.2 cm³/mol. The number of carbonyl (C=O) groups excluding carboxylic acids is 2. The van der Waals surface area contributed by atoms with Crippen molar-refractivity contribution < 1.29 is 14.0 Å². The molecule has 1 aromatic rings. The zero-order valence-corrected chi connectivity index (χ0v) is 8.40. The number of likely N-dealkylation sites (tertiary alicyclic amines) is 1. The molecule has 1 aliphatic rings. The lowest BCUT2D eigenvalue weighted by atomic mass is 10.2. The number of furan rings is 1. The molecule has 15 heavy (non-hydrogen) atoms. The number of amides is 2. The van der Waals surface area contributed by atoms with Crippen molar-refractivity contribution in [2.45, 2.75) is 12.5 Å². The van der Waals surface area contributed by atoms with Crippen molar-refractivity contribution in [2.75, 3.05) is 13.6 Å². The van der Waals surface area contributed by atoms with Crippen LogP contribution in [-0.2, 0) is 4.79 Å². The van der Waals surface area contributed by atoms with Gasteiger partial charge >= 0.3 is 0 Å². The number of carbonyl (C=O) groups is 2. The van der Waals surface area contributed by atoms with Gasteiger partial charge in [0.2, 0.25) is 5.91 Å². The van der Waals surface area contributed by atoms with Crippen molar-refractivity contribution in [1.82, 2.24) is 10.2 Å². The smallest absolute Gasteiger partial charge is 0.287 e. The molecule has 1 aliphatic heterocycles. The molecule has 0 spiro atoms. The van der Waals surface area contributed by atoms with Gasteiger partial charge in [-0.1, -0.05) is 0 Å². The van der Waals surface area contributed by atoms with Crippen molar-refractivity contribution in [3.05, 3.63) is 24.2 Å². The number of rotatable bonds is 2. The van der Waals surface area contributed by atoms with Crippen LogP contribution in [0.15, 0.2) is 22.8 Å². The number of nitrogens with one attached hydrogen (secondary N) is 1. The van der Waals surface area contributed by atoms with E-state index in [0.717, 1.165) is 0 Å². The van der Waals surface area contributed by atoms with E-state index in [2.05, 4.69) is 5.32 Å². The normalized spacial score (nSPS) is 20.7. The molecular weight excluding hydrogens is 196 g/mol. The van der Waals surface area contributed by atoms with Crippen LogP contribution in [0.1, 0.15) is 17.0 Å². The second-order valence-corrected chi connectivity index (χ2v) is 3.55. The van der Waals surface area contributed by atoms with Gasteiger partial charge in [0.25, 0.3) is 5.91 Å². The first-order valence-electron chi connectivity index (χ1n) is 4.78. The van der Waals surface area contributed by atoms with Gasteiger partial charge < -0.3 is 14.6 Å². The highest BCUT2D eigenvalue weighted by atomic mass is 16.3. The highest BCUT2D eigenvalue weighted by Crippen LogP contribution is 2.09. The molecule has 1 unspecified atom stereocenters. The van der Waals surface area contributed by atoms with E-state index in [1.165, 1.54) is 6.26 Å². The molecule has 5 nitrogen and oxygen atoms in total. The summed E-state index contributed by atoms with van der Waals surface area (Å²) in [4.78, 5) is 24.6. The highest BCUT2D eigenvalue weighted by molar-refractivity contribution is 5.96. The summed E-state index contributed by atoms with van der Waals surface area (Å²) in [6, 6.07) is 2.79. The Morgan fingerprint density at radius 1 is 1.67 bits per heavy atom. The van der Waals surface area contributed by atoms with Gasteiger partial charge in [0.15, 0.2) is 5.76 Å². The first-order chi connectivity index (χ1) is 7.18. The maximum atomic E-state index is 11.5. The lowest BCUT2D eigenvalue weighted by Gasteiger charge is -2.10. The Kier molecular flexibility index (Phi) is 2.45. The molecule has 1 saturated heterocycles. The third-order valence-electron chi connectivity index (χ3n) is 2.48. The summed E-state index contributed by atoms with van der Waals surface area (Å²) in [7, 11) is 1.72. The van der Waals surface area contributed by atoms with E-state index in [9.17, 15) is 9.59 Å². The largest absolute Gasteiger partial charge is 0.459 e. The minimum absolute atomic E-state index is 0.0464. The summed E-state index contributed by atoms with van der Waals surface area (Å²) in [5.74, 6) is -0.152. The van der Waals surface area contributed by atoms with Gasteiger partial charge in [-0.25, -0.2) is 0 Å². The van der Waals surface area contributed by atoms with Crippen LogP contribution in [-0.4, -0.2) is 36.3 Å². The number of likely N-dealkylation sites (N-methyl/N-ethyl adjacent to an activating group) is 1. The van der Waals surface area contributed by atoms with E-state index in [1.54, 1.807) is 24.1 Å². The maximum absolute atomic E-state index is 11.5. The van der Waals surface area contributed by atoms with Crippen LogP contribution in [0.3, 0.4) is 0 Å². The van der Waals surface area contributed by atoms with Crippen LogP contribution in [0.25, 0.3) is 0 Å². The molecule has 5 heteroatoms. The number of hydrogen-bond acceptors (Lipinski definition) is 3. The van der Waals surface area contributed by atoms with Gasteiger partial charge in [0.05, 0.1) is 6.26 Å². The molecule has 1 aromatic heterocycles. The minimum Gasteiger partial charge on any atom is -0.459 e. The maximum Gasteiger partial charge on any atom is 0.287 e. The number of nitrogens with zero attached hydrogens (tertiary/aromatic N) is 1. The molecule has 1 N–H and O–H groups in total. The standard InChI is InChI=1S/C10H12N2O3/c1-12-5-4-7(10(12)14)11-9(13)8-3-2-6-15-8/h2-3,6-7H,4-5H2,1H3,(H,11,13). The van der Waals surface area contributed by atoms with E-state index >= 15 is 0 Å². The second kappa shape index (κ2) is 3.76. The third-order valence-corrected chi connectivity index (χ3v) is 2.48. The topological polar surface area (TPSA) is 62.6 Å².